The standard InChI is InChI=1S/C13H20F2N2/c1-13(2,16-3)12(17(4)5)9-6-7-10(14)11(15)8-9/h6-8,12,16H,1-5H3. The first kappa shape index (κ1) is 14.1. The molecule has 1 N–H and O–H groups in total. The maximum atomic E-state index is 13.3. The quantitative estimate of drug-likeness (QED) is 0.873. The van der Waals surface area contributed by atoms with Gasteiger partial charge in [0, 0.05) is 5.54 Å². The van der Waals surface area contributed by atoms with E-state index in [1.807, 2.05) is 39.9 Å². The SMILES string of the molecule is CNC(C)(C)C(c1ccc(F)c(F)c1)N(C)C. The van der Waals surface area contributed by atoms with E-state index in [0.29, 0.717) is 0 Å². The van der Waals surface area contributed by atoms with Gasteiger partial charge in [0.05, 0.1) is 6.04 Å². The lowest BCUT2D eigenvalue weighted by molar-refractivity contribution is 0.177. The second-order valence-electron chi connectivity index (χ2n) is 5.01. The second-order valence-corrected chi connectivity index (χ2v) is 5.01. The van der Waals surface area contributed by atoms with Crippen LogP contribution in [0.2, 0.25) is 0 Å². The lowest BCUT2D eigenvalue weighted by Gasteiger charge is -2.39. The zero-order valence-corrected chi connectivity index (χ0v) is 11.0. The molecule has 0 radical (unpaired) electrons. The lowest BCUT2D eigenvalue weighted by atomic mass is 9.88. The highest BCUT2D eigenvalue weighted by molar-refractivity contribution is 5.24. The average molecular weight is 242 g/mol. The van der Waals surface area contributed by atoms with Gasteiger partial charge in [0.25, 0.3) is 0 Å². The van der Waals surface area contributed by atoms with Crippen LogP contribution in [0.25, 0.3) is 0 Å². The van der Waals surface area contributed by atoms with Crippen LogP contribution < -0.4 is 5.32 Å². The molecule has 17 heavy (non-hydrogen) atoms. The second kappa shape index (κ2) is 5.10. The molecule has 0 spiro atoms. The van der Waals surface area contributed by atoms with Crippen molar-refractivity contribution in [2.24, 2.45) is 0 Å². The van der Waals surface area contributed by atoms with Crippen LogP contribution in [0.15, 0.2) is 18.2 Å². The molecule has 1 unspecified atom stereocenters. The predicted molar refractivity (Wildman–Crippen MR) is 65.9 cm³/mol. The van der Waals surface area contributed by atoms with E-state index in [-0.39, 0.29) is 11.6 Å². The van der Waals surface area contributed by atoms with Gasteiger partial charge in [0.1, 0.15) is 0 Å². The van der Waals surface area contributed by atoms with E-state index in [4.69, 9.17) is 0 Å². The first-order chi connectivity index (χ1) is 7.79. The number of likely N-dealkylation sites (N-methyl/N-ethyl adjacent to an activating group) is 2. The summed E-state index contributed by atoms with van der Waals surface area (Å²) < 4.78 is 26.2. The zero-order chi connectivity index (χ0) is 13.2. The zero-order valence-electron chi connectivity index (χ0n) is 11.0. The van der Waals surface area contributed by atoms with Crippen molar-refractivity contribution < 1.29 is 8.78 Å². The highest BCUT2D eigenvalue weighted by Gasteiger charge is 2.31. The summed E-state index contributed by atoms with van der Waals surface area (Å²) in [6.45, 7) is 4.05. The molecule has 0 aromatic heterocycles. The van der Waals surface area contributed by atoms with E-state index < -0.39 is 11.6 Å². The average Bonchev–Trinajstić information content (AvgIpc) is 2.22. The van der Waals surface area contributed by atoms with E-state index in [9.17, 15) is 8.78 Å². The fraction of sp³-hybridized carbons (Fsp3) is 0.538. The third-order valence-corrected chi connectivity index (χ3v) is 3.10. The Morgan fingerprint density at radius 2 is 1.76 bits per heavy atom. The summed E-state index contributed by atoms with van der Waals surface area (Å²) in [6.07, 6.45) is 0. The number of hydrogen-bond acceptors (Lipinski definition) is 2. The van der Waals surface area contributed by atoms with Gasteiger partial charge in [-0.2, -0.15) is 0 Å². The normalized spacial score (nSPS) is 14.1. The molecule has 0 bridgehead atoms. The number of rotatable bonds is 4. The van der Waals surface area contributed by atoms with Crippen LogP contribution in [-0.4, -0.2) is 31.6 Å². The Bertz CT molecular complexity index is 389. The molecule has 2 nitrogen and oxygen atoms in total. The van der Waals surface area contributed by atoms with Crippen molar-refractivity contribution in [3.63, 3.8) is 0 Å². The number of benzene rings is 1. The molecule has 0 saturated carbocycles. The molecule has 0 heterocycles. The van der Waals surface area contributed by atoms with Crippen molar-refractivity contribution in [3.05, 3.63) is 35.4 Å². The van der Waals surface area contributed by atoms with Crippen molar-refractivity contribution >= 4 is 0 Å². The third-order valence-electron chi connectivity index (χ3n) is 3.10. The molecule has 0 aliphatic rings. The highest BCUT2D eigenvalue weighted by Crippen LogP contribution is 2.30. The summed E-state index contributed by atoms with van der Waals surface area (Å²) >= 11 is 0. The maximum absolute atomic E-state index is 13.3. The Labute approximate surface area is 102 Å². The molecule has 0 aliphatic heterocycles. The fourth-order valence-electron chi connectivity index (χ4n) is 2.18. The van der Waals surface area contributed by atoms with Crippen molar-refractivity contribution in [2.45, 2.75) is 25.4 Å². The Hall–Kier alpha value is -1.00. The molecule has 1 aromatic carbocycles. The van der Waals surface area contributed by atoms with Crippen LogP contribution in [0.3, 0.4) is 0 Å². The minimum Gasteiger partial charge on any atom is -0.313 e. The molecular formula is C13H20F2N2. The number of halogens is 2. The third kappa shape index (κ3) is 3.01. The summed E-state index contributed by atoms with van der Waals surface area (Å²) in [5.41, 5.74) is 0.515. The van der Waals surface area contributed by atoms with Gasteiger partial charge in [-0.3, -0.25) is 0 Å². The fourth-order valence-corrected chi connectivity index (χ4v) is 2.18. The van der Waals surface area contributed by atoms with Crippen molar-refractivity contribution in [3.8, 4) is 0 Å². The van der Waals surface area contributed by atoms with E-state index in [0.717, 1.165) is 5.56 Å². The van der Waals surface area contributed by atoms with Crippen LogP contribution in [0, 0.1) is 11.6 Å². The number of nitrogens with zero attached hydrogens (tertiary/aromatic N) is 1. The minimum absolute atomic E-state index is 0.0393. The smallest absolute Gasteiger partial charge is 0.159 e. The molecule has 0 fully saturated rings. The van der Waals surface area contributed by atoms with Crippen molar-refractivity contribution in [1.82, 2.24) is 10.2 Å². The highest BCUT2D eigenvalue weighted by atomic mass is 19.2. The monoisotopic (exact) mass is 242 g/mol. The van der Waals surface area contributed by atoms with Crippen molar-refractivity contribution in [1.29, 1.82) is 0 Å². The summed E-state index contributed by atoms with van der Waals surface area (Å²) in [5, 5.41) is 3.20. The molecule has 4 heteroatoms. The van der Waals surface area contributed by atoms with Gasteiger partial charge >= 0.3 is 0 Å². The van der Waals surface area contributed by atoms with E-state index in [1.54, 1.807) is 6.07 Å². The summed E-state index contributed by atoms with van der Waals surface area (Å²) in [6, 6.07) is 4.02. The molecule has 96 valence electrons. The summed E-state index contributed by atoms with van der Waals surface area (Å²) in [4.78, 5) is 1.99. The maximum Gasteiger partial charge on any atom is 0.159 e. The van der Waals surface area contributed by atoms with Gasteiger partial charge in [-0.05, 0) is 52.7 Å². The number of nitrogens with one attached hydrogen (secondary N) is 1. The van der Waals surface area contributed by atoms with Gasteiger partial charge < -0.3 is 10.2 Å². The lowest BCUT2D eigenvalue weighted by Crippen LogP contribution is -2.48. The van der Waals surface area contributed by atoms with Crippen molar-refractivity contribution in [2.75, 3.05) is 21.1 Å². The van der Waals surface area contributed by atoms with Gasteiger partial charge in [-0.25, -0.2) is 8.78 Å². The summed E-state index contributed by atoms with van der Waals surface area (Å²) in [7, 11) is 5.70. The summed E-state index contributed by atoms with van der Waals surface area (Å²) in [5.74, 6) is -1.62. The van der Waals surface area contributed by atoms with E-state index in [2.05, 4.69) is 5.32 Å². The van der Waals surface area contributed by atoms with E-state index >= 15 is 0 Å². The van der Waals surface area contributed by atoms with E-state index in [1.165, 1.54) is 12.1 Å². The predicted octanol–water partition coefficient (Wildman–Crippen LogP) is 2.57. The molecule has 0 saturated heterocycles. The molecule has 1 atom stereocenters. The van der Waals surface area contributed by atoms with Crippen LogP contribution in [-0.2, 0) is 0 Å². The molecule has 1 aromatic rings. The van der Waals surface area contributed by atoms with Crippen LogP contribution in [0.4, 0.5) is 8.78 Å². The Balaban J connectivity index is 3.19. The largest absolute Gasteiger partial charge is 0.313 e. The van der Waals surface area contributed by atoms with Gasteiger partial charge in [-0.1, -0.05) is 6.07 Å². The van der Waals surface area contributed by atoms with Crippen LogP contribution >= 0.6 is 0 Å². The molecule has 0 amide bonds. The molecular weight excluding hydrogens is 222 g/mol. The molecule has 0 aliphatic carbocycles. The minimum atomic E-state index is -0.812. The number of hydrogen-bond donors (Lipinski definition) is 1. The topological polar surface area (TPSA) is 15.3 Å². The Morgan fingerprint density at radius 1 is 1.18 bits per heavy atom. The first-order valence-electron chi connectivity index (χ1n) is 5.60. The van der Waals surface area contributed by atoms with Gasteiger partial charge in [0.2, 0.25) is 0 Å². The van der Waals surface area contributed by atoms with Crippen LogP contribution in [0.1, 0.15) is 25.5 Å². The van der Waals surface area contributed by atoms with Gasteiger partial charge in [-0.15, -0.1) is 0 Å². The Kier molecular flexibility index (Phi) is 4.22. The van der Waals surface area contributed by atoms with Gasteiger partial charge in [0.15, 0.2) is 11.6 Å². The Morgan fingerprint density at radius 3 is 2.18 bits per heavy atom. The van der Waals surface area contributed by atoms with Crippen LogP contribution in [0.5, 0.6) is 0 Å². The molecule has 1 rings (SSSR count). The first-order valence-corrected chi connectivity index (χ1v) is 5.60.